The van der Waals surface area contributed by atoms with E-state index in [9.17, 15) is 4.79 Å². The van der Waals surface area contributed by atoms with E-state index in [1.165, 1.54) is 11.1 Å². The lowest BCUT2D eigenvalue weighted by Crippen LogP contribution is -2.29. The van der Waals surface area contributed by atoms with Gasteiger partial charge in [-0.15, -0.1) is 0 Å². The van der Waals surface area contributed by atoms with Crippen LogP contribution in [-0.4, -0.2) is 11.5 Å². The highest BCUT2D eigenvalue weighted by molar-refractivity contribution is 6.23. The van der Waals surface area contributed by atoms with E-state index in [-0.39, 0.29) is 16.6 Å². The zero-order chi connectivity index (χ0) is 27.0. The number of ketones is 1. The molecule has 0 heterocycles. The number of aryl methyl sites for hydroxylation is 2. The summed E-state index contributed by atoms with van der Waals surface area (Å²) in [5.74, 6) is 0.126. The van der Waals surface area contributed by atoms with E-state index in [1.54, 1.807) is 0 Å². The summed E-state index contributed by atoms with van der Waals surface area (Å²) in [6, 6.07) is 25.5. The summed E-state index contributed by atoms with van der Waals surface area (Å²) in [6.45, 7) is 16.7. The van der Waals surface area contributed by atoms with Crippen molar-refractivity contribution in [2.75, 3.05) is 4.90 Å². The number of carbonyl (C=O) groups excluding carboxylic acids is 1. The number of Topliss-reactive ketones (excluding diaryl/α,β-unsaturated/α-hetero) is 1. The van der Waals surface area contributed by atoms with E-state index < -0.39 is 0 Å². The third kappa shape index (κ3) is 5.99. The highest BCUT2D eigenvalue weighted by Crippen LogP contribution is 2.38. The van der Waals surface area contributed by atoms with Crippen LogP contribution in [0.2, 0.25) is 0 Å². The summed E-state index contributed by atoms with van der Waals surface area (Å²) in [4.78, 5) is 20.4. The zero-order valence-corrected chi connectivity index (χ0v) is 23.4. The Balaban J connectivity index is 1.74. The minimum absolute atomic E-state index is 0.126. The fourth-order valence-corrected chi connectivity index (χ4v) is 4.45. The van der Waals surface area contributed by atoms with Crippen LogP contribution in [0.25, 0.3) is 0 Å². The first kappa shape index (κ1) is 26.3. The van der Waals surface area contributed by atoms with Crippen LogP contribution in [0.4, 0.5) is 22.7 Å². The number of anilines is 3. The molecule has 0 bridgehead atoms. The molecule has 0 N–H and O–H groups in total. The molecule has 3 aromatic carbocycles. The van der Waals surface area contributed by atoms with Gasteiger partial charge in [-0.1, -0.05) is 76.9 Å². The molecule has 37 heavy (non-hydrogen) atoms. The molecule has 3 nitrogen and oxygen atoms in total. The Morgan fingerprint density at radius 2 is 0.919 bits per heavy atom. The Bertz CT molecular complexity index is 1290. The molecule has 0 spiro atoms. The average Bonchev–Trinajstić information content (AvgIpc) is 2.82. The molecule has 0 saturated carbocycles. The molecule has 1 aliphatic carbocycles. The van der Waals surface area contributed by atoms with Crippen LogP contribution >= 0.6 is 0 Å². The Kier molecular flexibility index (Phi) is 7.10. The van der Waals surface area contributed by atoms with Gasteiger partial charge in [0.2, 0.25) is 0 Å². The number of hydrogen-bond donors (Lipinski definition) is 0. The lowest BCUT2D eigenvalue weighted by atomic mass is 9.72. The van der Waals surface area contributed by atoms with Gasteiger partial charge in [0, 0.05) is 28.2 Å². The van der Waals surface area contributed by atoms with Gasteiger partial charge in [0.15, 0.2) is 5.78 Å². The molecule has 0 fully saturated rings. The van der Waals surface area contributed by atoms with E-state index in [0.717, 1.165) is 39.6 Å². The first-order valence-electron chi connectivity index (χ1n) is 12.9. The normalized spacial score (nSPS) is 14.3. The van der Waals surface area contributed by atoms with Crippen LogP contribution in [0.3, 0.4) is 0 Å². The Hall–Kier alpha value is -3.72. The molecule has 4 rings (SSSR count). The summed E-state index contributed by atoms with van der Waals surface area (Å²) in [5, 5.41) is 0. The van der Waals surface area contributed by atoms with Gasteiger partial charge < -0.3 is 4.90 Å². The highest BCUT2D eigenvalue weighted by Gasteiger charge is 2.34. The van der Waals surface area contributed by atoms with Crippen LogP contribution in [-0.2, 0) is 4.79 Å². The topological polar surface area (TPSA) is 32.7 Å². The molecule has 0 atom stereocenters. The van der Waals surface area contributed by atoms with E-state index >= 15 is 0 Å². The third-order valence-electron chi connectivity index (χ3n) is 6.64. The van der Waals surface area contributed by atoms with Gasteiger partial charge in [-0.2, -0.15) is 0 Å². The maximum Gasteiger partial charge on any atom is 0.186 e. The Morgan fingerprint density at radius 3 is 1.27 bits per heavy atom. The predicted molar refractivity (Wildman–Crippen MR) is 158 cm³/mol. The summed E-state index contributed by atoms with van der Waals surface area (Å²) in [7, 11) is 0. The van der Waals surface area contributed by atoms with Crippen molar-refractivity contribution in [3.8, 4) is 0 Å². The van der Waals surface area contributed by atoms with Crippen LogP contribution in [0, 0.1) is 24.7 Å². The molecular formula is C34H38N2O. The Morgan fingerprint density at radius 1 is 0.568 bits per heavy atom. The Labute approximate surface area is 222 Å². The zero-order valence-electron chi connectivity index (χ0n) is 23.4. The first-order valence-corrected chi connectivity index (χ1v) is 12.9. The second-order valence-electron chi connectivity index (χ2n) is 12.0. The van der Waals surface area contributed by atoms with Gasteiger partial charge >= 0.3 is 0 Å². The fourth-order valence-electron chi connectivity index (χ4n) is 4.45. The van der Waals surface area contributed by atoms with Crippen molar-refractivity contribution in [1.82, 2.24) is 0 Å². The van der Waals surface area contributed by atoms with E-state index in [2.05, 4.69) is 121 Å². The van der Waals surface area contributed by atoms with Gasteiger partial charge in [0.05, 0.1) is 11.4 Å². The summed E-state index contributed by atoms with van der Waals surface area (Å²) in [6.07, 6.45) is 3.91. The molecule has 190 valence electrons. The van der Waals surface area contributed by atoms with Crippen LogP contribution in [0.1, 0.15) is 52.7 Å². The van der Waals surface area contributed by atoms with Crippen molar-refractivity contribution in [2.24, 2.45) is 15.8 Å². The smallest absolute Gasteiger partial charge is 0.186 e. The van der Waals surface area contributed by atoms with E-state index in [4.69, 9.17) is 4.99 Å². The second-order valence-corrected chi connectivity index (χ2v) is 12.0. The minimum atomic E-state index is -0.255. The molecule has 0 unspecified atom stereocenters. The average molecular weight is 491 g/mol. The van der Waals surface area contributed by atoms with Crippen LogP contribution in [0.5, 0.6) is 0 Å². The van der Waals surface area contributed by atoms with Crippen molar-refractivity contribution in [1.29, 1.82) is 0 Å². The predicted octanol–water partition coefficient (Wildman–Crippen LogP) is 9.37. The van der Waals surface area contributed by atoms with Crippen molar-refractivity contribution >= 4 is 34.2 Å². The minimum Gasteiger partial charge on any atom is -0.311 e. The van der Waals surface area contributed by atoms with Crippen LogP contribution in [0.15, 0.2) is 101 Å². The number of rotatable bonds is 4. The quantitative estimate of drug-likeness (QED) is 0.341. The molecule has 0 saturated heterocycles. The van der Waals surface area contributed by atoms with Crippen molar-refractivity contribution in [2.45, 2.75) is 55.4 Å². The maximum absolute atomic E-state index is 13.3. The molecule has 0 radical (unpaired) electrons. The van der Waals surface area contributed by atoms with Crippen molar-refractivity contribution < 1.29 is 4.79 Å². The third-order valence-corrected chi connectivity index (χ3v) is 6.64. The standard InChI is InChI=1S/C34H38N2O/c1-23-9-15-27(16-10-23)36(28-17-11-24(2)12-18-28)29-19-13-25(14-20-29)35-26-21-30(33(3,4)5)32(37)31(22-26)34(6,7)8/h9-22H,1-8H3. The number of nitrogens with zero attached hydrogens (tertiary/aromatic N) is 2. The van der Waals surface area contributed by atoms with Crippen molar-refractivity contribution in [3.05, 3.63) is 107 Å². The number of carbonyl (C=O) groups is 1. The molecule has 3 heteroatoms. The summed E-state index contributed by atoms with van der Waals surface area (Å²) in [5.41, 5.74) is 8.51. The molecule has 1 aliphatic rings. The number of aliphatic imine (C=N–C) groups is 1. The number of hydrogen-bond acceptors (Lipinski definition) is 3. The van der Waals surface area contributed by atoms with E-state index in [1.807, 2.05) is 24.3 Å². The van der Waals surface area contributed by atoms with Gasteiger partial charge in [-0.25, -0.2) is 4.99 Å². The van der Waals surface area contributed by atoms with Gasteiger partial charge in [0.1, 0.15) is 0 Å². The van der Waals surface area contributed by atoms with Gasteiger partial charge in [0.25, 0.3) is 0 Å². The largest absolute Gasteiger partial charge is 0.311 e. The lowest BCUT2D eigenvalue weighted by molar-refractivity contribution is -0.114. The summed E-state index contributed by atoms with van der Waals surface area (Å²) < 4.78 is 0. The summed E-state index contributed by atoms with van der Waals surface area (Å²) >= 11 is 0. The highest BCUT2D eigenvalue weighted by atomic mass is 16.1. The molecule has 3 aromatic rings. The second kappa shape index (κ2) is 9.97. The number of allylic oxidation sites excluding steroid dienone is 4. The fraction of sp³-hybridized carbons (Fsp3) is 0.294. The molecule has 0 aliphatic heterocycles. The van der Waals surface area contributed by atoms with Gasteiger partial charge in [-0.05, 0) is 85.4 Å². The SMILES string of the molecule is Cc1ccc(N(c2ccc(C)cc2)c2ccc(N=C3C=C(C(C)(C)C)C(=O)C(C(C)(C)C)=C3)cc2)cc1. The lowest BCUT2D eigenvalue weighted by Gasteiger charge is -2.31. The first-order chi connectivity index (χ1) is 17.3. The maximum atomic E-state index is 13.3. The van der Waals surface area contributed by atoms with Crippen LogP contribution < -0.4 is 4.90 Å². The monoisotopic (exact) mass is 490 g/mol. The van der Waals surface area contributed by atoms with E-state index in [0.29, 0.717) is 0 Å². The van der Waals surface area contributed by atoms with Crippen molar-refractivity contribution in [3.63, 3.8) is 0 Å². The molecule has 0 aromatic heterocycles. The van der Waals surface area contributed by atoms with Gasteiger partial charge in [-0.3, -0.25) is 4.79 Å². The molecule has 0 amide bonds. The molecular weight excluding hydrogens is 452 g/mol. The number of benzene rings is 3.